The second-order valence-corrected chi connectivity index (χ2v) is 2.48. The normalized spacial score (nSPS) is 17.4. The molecule has 0 bridgehead atoms. The summed E-state index contributed by atoms with van der Waals surface area (Å²) in [6, 6.07) is 0. The highest BCUT2D eigenvalue weighted by Gasteiger charge is 2.22. The molecular weight excluding hydrogens is 116 g/mol. The van der Waals surface area contributed by atoms with E-state index in [0.717, 1.165) is 0 Å². The van der Waals surface area contributed by atoms with Crippen molar-refractivity contribution in [1.82, 2.24) is 0 Å². The first-order valence-electron chi connectivity index (χ1n) is 3.48. The van der Waals surface area contributed by atoms with Gasteiger partial charge in [-0.15, -0.1) is 0 Å². The molecule has 2 nitrogen and oxygen atoms in total. The van der Waals surface area contributed by atoms with Gasteiger partial charge in [-0.25, -0.2) is 0 Å². The molecule has 0 heterocycles. The molecule has 0 radical (unpaired) electrons. The van der Waals surface area contributed by atoms with Gasteiger partial charge in [0.25, 0.3) is 0 Å². The van der Waals surface area contributed by atoms with Crippen LogP contribution >= 0.6 is 0 Å². The maximum atomic E-state index is 10.5. The van der Waals surface area contributed by atoms with Crippen molar-refractivity contribution >= 4 is 5.97 Å². The summed E-state index contributed by atoms with van der Waals surface area (Å²) >= 11 is 0. The number of hydrogen-bond donors (Lipinski definition) is 0. The minimum absolute atomic E-state index is 0.0677. The van der Waals surface area contributed by atoms with Crippen molar-refractivity contribution in [2.24, 2.45) is 5.92 Å². The summed E-state index contributed by atoms with van der Waals surface area (Å²) in [6.45, 7) is 2.47. The van der Waals surface area contributed by atoms with Gasteiger partial charge in [0.15, 0.2) is 0 Å². The Labute approximate surface area is 55.2 Å². The number of ether oxygens (including phenoxy) is 1. The number of hydrogen-bond acceptors (Lipinski definition) is 2. The van der Waals surface area contributed by atoms with Gasteiger partial charge in [0, 0.05) is 6.42 Å². The Hall–Kier alpha value is -0.530. The Morgan fingerprint density at radius 1 is 1.67 bits per heavy atom. The maximum Gasteiger partial charge on any atom is 0.305 e. The van der Waals surface area contributed by atoms with Crippen LogP contribution in [0.3, 0.4) is 0 Å². The van der Waals surface area contributed by atoms with E-state index in [9.17, 15) is 4.79 Å². The maximum absolute atomic E-state index is 10.5. The highest BCUT2D eigenvalue weighted by atomic mass is 16.5. The summed E-state index contributed by atoms with van der Waals surface area (Å²) in [5.41, 5.74) is 0. The van der Waals surface area contributed by atoms with E-state index in [-0.39, 0.29) is 5.97 Å². The molecule has 1 aliphatic rings. The van der Waals surface area contributed by atoms with Gasteiger partial charge in [-0.1, -0.05) is 6.92 Å². The van der Waals surface area contributed by atoms with E-state index in [1.807, 2.05) is 6.92 Å². The Bertz CT molecular complexity index is 105. The zero-order chi connectivity index (χ0) is 6.69. The van der Waals surface area contributed by atoms with Gasteiger partial charge in [0.1, 0.15) is 0 Å². The minimum atomic E-state index is -0.0677. The van der Waals surface area contributed by atoms with Crippen LogP contribution in [0.5, 0.6) is 0 Å². The number of carbonyl (C=O) groups is 1. The van der Waals surface area contributed by atoms with Crippen LogP contribution in [0.15, 0.2) is 0 Å². The zero-order valence-corrected chi connectivity index (χ0v) is 5.72. The van der Waals surface area contributed by atoms with Crippen molar-refractivity contribution in [3.8, 4) is 0 Å². The zero-order valence-electron chi connectivity index (χ0n) is 5.72. The van der Waals surface area contributed by atoms with E-state index in [1.165, 1.54) is 12.8 Å². The standard InChI is InChI=1S/C7H12O2/c1-2-7(8)9-5-6-3-4-6/h6H,2-5H2,1H3. The second kappa shape index (κ2) is 2.85. The predicted molar refractivity (Wildman–Crippen MR) is 34.0 cm³/mol. The van der Waals surface area contributed by atoms with Gasteiger partial charge in [-0.3, -0.25) is 4.79 Å². The Morgan fingerprint density at radius 3 is 2.78 bits per heavy atom. The average Bonchev–Trinajstić information content (AvgIpc) is 2.65. The lowest BCUT2D eigenvalue weighted by Crippen LogP contribution is -2.04. The van der Waals surface area contributed by atoms with E-state index >= 15 is 0 Å². The van der Waals surface area contributed by atoms with Crippen LogP contribution in [0.25, 0.3) is 0 Å². The van der Waals surface area contributed by atoms with Crippen molar-refractivity contribution in [2.45, 2.75) is 26.2 Å². The third-order valence-electron chi connectivity index (χ3n) is 1.47. The van der Waals surface area contributed by atoms with E-state index < -0.39 is 0 Å². The quantitative estimate of drug-likeness (QED) is 0.536. The molecule has 0 aromatic rings. The van der Waals surface area contributed by atoms with Gasteiger partial charge in [0.05, 0.1) is 6.61 Å². The molecule has 9 heavy (non-hydrogen) atoms. The topological polar surface area (TPSA) is 26.3 Å². The first-order chi connectivity index (χ1) is 4.33. The van der Waals surface area contributed by atoms with Crippen molar-refractivity contribution in [1.29, 1.82) is 0 Å². The fourth-order valence-electron chi connectivity index (χ4n) is 0.597. The van der Waals surface area contributed by atoms with Crippen molar-refractivity contribution in [2.75, 3.05) is 6.61 Å². The molecule has 1 fully saturated rings. The summed E-state index contributed by atoms with van der Waals surface area (Å²) in [6.07, 6.45) is 3.00. The molecule has 2 heteroatoms. The first-order valence-corrected chi connectivity index (χ1v) is 3.48. The SMILES string of the molecule is CCC(=O)OCC1CC1. The lowest BCUT2D eigenvalue weighted by atomic mass is 10.4. The summed E-state index contributed by atoms with van der Waals surface area (Å²) in [5, 5.41) is 0. The molecule has 0 spiro atoms. The van der Waals surface area contributed by atoms with Crippen LogP contribution < -0.4 is 0 Å². The fourth-order valence-corrected chi connectivity index (χ4v) is 0.597. The van der Waals surface area contributed by atoms with Gasteiger partial charge in [-0.2, -0.15) is 0 Å². The van der Waals surface area contributed by atoms with E-state index in [0.29, 0.717) is 18.9 Å². The lowest BCUT2D eigenvalue weighted by Gasteiger charge is -1.98. The molecule has 0 atom stereocenters. The van der Waals surface area contributed by atoms with Crippen LogP contribution in [0.2, 0.25) is 0 Å². The molecule has 1 saturated carbocycles. The Balaban J connectivity index is 1.96. The summed E-state index contributed by atoms with van der Waals surface area (Å²) in [5.74, 6) is 0.627. The first kappa shape index (κ1) is 6.59. The molecule has 0 saturated heterocycles. The number of carbonyl (C=O) groups excluding carboxylic acids is 1. The molecule has 0 N–H and O–H groups in total. The summed E-state index contributed by atoms with van der Waals surface area (Å²) in [7, 11) is 0. The summed E-state index contributed by atoms with van der Waals surface area (Å²) in [4.78, 5) is 10.5. The van der Waals surface area contributed by atoms with Crippen LogP contribution in [0.4, 0.5) is 0 Å². The third kappa shape index (κ3) is 2.49. The molecular formula is C7H12O2. The third-order valence-corrected chi connectivity index (χ3v) is 1.47. The predicted octanol–water partition coefficient (Wildman–Crippen LogP) is 1.35. The smallest absolute Gasteiger partial charge is 0.305 e. The van der Waals surface area contributed by atoms with Crippen molar-refractivity contribution in [3.05, 3.63) is 0 Å². The van der Waals surface area contributed by atoms with Gasteiger partial charge < -0.3 is 4.74 Å². The molecule has 1 rings (SSSR count). The Morgan fingerprint density at radius 2 is 2.33 bits per heavy atom. The van der Waals surface area contributed by atoms with Gasteiger partial charge >= 0.3 is 5.97 Å². The fraction of sp³-hybridized carbons (Fsp3) is 0.857. The average molecular weight is 128 g/mol. The highest BCUT2D eigenvalue weighted by Crippen LogP contribution is 2.28. The summed E-state index contributed by atoms with van der Waals surface area (Å²) < 4.78 is 4.88. The number of esters is 1. The monoisotopic (exact) mass is 128 g/mol. The molecule has 0 aliphatic heterocycles. The van der Waals surface area contributed by atoms with Crippen LogP contribution in [-0.2, 0) is 9.53 Å². The van der Waals surface area contributed by atoms with Crippen LogP contribution in [-0.4, -0.2) is 12.6 Å². The van der Waals surface area contributed by atoms with E-state index in [2.05, 4.69) is 0 Å². The number of rotatable bonds is 3. The van der Waals surface area contributed by atoms with Crippen molar-refractivity contribution in [3.63, 3.8) is 0 Å². The Kier molecular flexibility index (Phi) is 2.09. The van der Waals surface area contributed by atoms with Crippen LogP contribution in [0, 0.1) is 5.92 Å². The van der Waals surface area contributed by atoms with E-state index in [1.54, 1.807) is 0 Å². The lowest BCUT2D eigenvalue weighted by molar-refractivity contribution is -0.143. The molecule has 0 amide bonds. The molecule has 0 unspecified atom stereocenters. The van der Waals surface area contributed by atoms with E-state index in [4.69, 9.17) is 4.74 Å². The van der Waals surface area contributed by atoms with Gasteiger partial charge in [-0.05, 0) is 18.8 Å². The van der Waals surface area contributed by atoms with Crippen LogP contribution in [0.1, 0.15) is 26.2 Å². The van der Waals surface area contributed by atoms with Gasteiger partial charge in [0.2, 0.25) is 0 Å². The highest BCUT2D eigenvalue weighted by molar-refractivity contribution is 5.68. The second-order valence-electron chi connectivity index (χ2n) is 2.48. The minimum Gasteiger partial charge on any atom is -0.465 e. The molecule has 0 aromatic carbocycles. The largest absolute Gasteiger partial charge is 0.465 e. The molecule has 1 aliphatic carbocycles. The molecule has 52 valence electrons. The van der Waals surface area contributed by atoms with Crippen molar-refractivity contribution < 1.29 is 9.53 Å². The molecule has 0 aromatic heterocycles.